The molecule has 1 aliphatic heterocycles. The van der Waals surface area contributed by atoms with Crippen molar-refractivity contribution in [2.75, 3.05) is 32.8 Å². The van der Waals surface area contributed by atoms with E-state index in [0.29, 0.717) is 32.8 Å². The maximum absolute atomic E-state index is 12.4. The van der Waals surface area contributed by atoms with Gasteiger partial charge in [0, 0.05) is 31.6 Å². The number of nitrogens with one attached hydrogen (secondary N) is 1. The molecule has 2 rings (SSSR count). The monoisotopic (exact) mass is 319 g/mol. The zero-order valence-corrected chi connectivity index (χ0v) is 14.7. The molecule has 0 radical (unpaired) electrons. The van der Waals surface area contributed by atoms with E-state index in [1.54, 1.807) is 4.90 Å². The molecule has 0 spiro atoms. The normalized spacial score (nSPS) is 18.8. The summed E-state index contributed by atoms with van der Waals surface area (Å²) in [7, 11) is 0. The summed E-state index contributed by atoms with van der Waals surface area (Å²) in [4.78, 5) is 14.2. The Morgan fingerprint density at radius 3 is 2.83 bits per heavy atom. The van der Waals surface area contributed by atoms with Gasteiger partial charge < -0.3 is 20.7 Å². The molecule has 1 aromatic carbocycles. The van der Waals surface area contributed by atoms with Crippen molar-refractivity contribution >= 4 is 6.03 Å². The van der Waals surface area contributed by atoms with Crippen LogP contribution >= 0.6 is 0 Å². The fourth-order valence-corrected chi connectivity index (χ4v) is 3.12. The Morgan fingerprint density at radius 2 is 2.17 bits per heavy atom. The highest BCUT2D eigenvalue weighted by molar-refractivity contribution is 5.74. The Labute approximate surface area is 139 Å². The highest BCUT2D eigenvalue weighted by Gasteiger charge is 2.27. The predicted octanol–water partition coefficient (Wildman–Crippen LogP) is 1.95. The predicted molar refractivity (Wildman–Crippen MR) is 92.7 cm³/mol. The van der Waals surface area contributed by atoms with Gasteiger partial charge in [0.15, 0.2) is 0 Å². The van der Waals surface area contributed by atoms with Crippen LogP contribution in [-0.2, 0) is 10.2 Å². The van der Waals surface area contributed by atoms with Crippen molar-refractivity contribution in [2.24, 2.45) is 5.73 Å². The number of hydrogen-bond acceptors (Lipinski definition) is 3. The molecular formula is C18H29N3O2. The van der Waals surface area contributed by atoms with E-state index in [9.17, 15) is 4.79 Å². The maximum Gasteiger partial charge on any atom is 0.317 e. The van der Waals surface area contributed by atoms with Crippen LogP contribution in [0.2, 0.25) is 0 Å². The van der Waals surface area contributed by atoms with E-state index >= 15 is 0 Å². The first-order valence-electron chi connectivity index (χ1n) is 8.25. The van der Waals surface area contributed by atoms with Gasteiger partial charge in [-0.15, -0.1) is 0 Å². The molecule has 1 aliphatic rings. The summed E-state index contributed by atoms with van der Waals surface area (Å²) in [6.07, 6.45) is -0.0538. The molecule has 23 heavy (non-hydrogen) atoms. The average Bonchev–Trinajstić information content (AvgIpc) is 2.52. The van der Waals surface area contributed by atoms with Gasteiger partial charge in [-0.3, -0.25) is 0 Å². The molecule has 1 aromatic rings. The number of aryl methyl sites for hydroxylation is 2. The second-order valence-corrected chi connectivity index (χ2v) is 7.04. The zero-order valence-electron chi connectivity index (χ0n) is 14.7. The number of hydrogen-bond donors (Lipinski definition) is 2. The summed E-state index contributed by atoms with van der Waals surface area (Å²) in [5.74, 6) is 0. The number of urea groups is 1. The summed E-state index contributed by atoms with van der Waals surface area (Å²) in [6.45, 7) is 11.3. The number of carbonyl (C=O) groups excluding carboxylic acids is 1. The van der Waals surface area contributed by atoms with Crippen molar-refractivity contribution in [3.8, 4) is 0 Å². The number of ether oxygens (including phenoxy) is 1. The van der Waals surface area contributed by atoms with Crippen molar-refractivity contribution < 1.29 is 9.53 Å². The molecule has 2 amide bonds. The lowest BCUT2D eigenvalue weighted by Gasteiger charge is -2.34. The third-order valence-electron chi connectivity index (χ3n) is 4.48. The molecule has 0 aromatic heterocycles. The summed E-state index contributed by atoms with van der Waals surface area (Å²) in [5, 5.41) is 3.07. The molecule has 128 valence electrons. The van der Waals surface area contributed by atoms with Crippen molar-refractivity contribution in [2.45, 2.75) is 39.2 Å². The summed E-state index contributed by atoms with van der Waals surface area (Å²) in [6, 6.07) is 6.44. The van der Waals surface area contributed by atoms with Gasteiger partial charge in [0.2, 0.25) is 0 Å². The molecule has 5 heteroatoms. The summed E-state index contributed by atoms with van der Waals surface area (Å²) >= 11 is 0. The number of nitrogens with two attached hydrogens (primary N) is 1. The van der Waals surface area contributed by atoms with E-state index in [4.69, 9.17) is 10.5 Å². The van der Waals surface area contributed by atoms with Gasteiger partial charge >= 0.3 is 6.03 Å². The Kier molecular flexibility index (Phi) is 5.65. The van der Waals surface area contributed by atoms with Crippen LogP contribution in [-0.4, -0.2) is 49.8 Å². The fraction of sp³-hybridized carbons (Fsp3) is 0.611. The van der Waals surface area contributed by atoms with Gasteiger partial charge in [-0.2, -0.15) is 0 Å². The van der Waals surface area contributed by atoms with Crippen LogP contribution in [0, 0.1) is 13.8 Å². The second-order valence-electron chi connectivity index (χ2n) is 7.04. The number of nitrogens with zero attached hydrogens (tertiary/aromatic N) is 1. The largest absolute Gasteiger partial charge is 0.373 e. The van der Waals surface area contributed by atoms with Crippen molar-refractivity contribution in [3.05, 3.63) is 34.9 Å². The van der Waals surface area contributed by atoms with Crippen LogP contribution in [0.3, 0.4) is 0 Å². The minimum Gasteiger partial charge on any atom is -0.373 e. The molecule has 5 nitrogen and oxygen atoms in total. The highest BCUT2D eigenvalue weighted by atomic mass is 16.5. The number of benzene rings is 1. The van der Waals surface area contributed by atoms with Crippen molar-refractivity contribution in [1.29, 1.82) is 0 Å². The van der Waals surface area contributed by atoms with Crippen LogP contribution in [0.5, 0.6) is 0 Å². The number of morpholine rings is 1. The average molecular weight is 319 g/mol. The lowest BCUT2D eigenvalue weighted by molar-refractivity contribution is -0.00871. The fourth-order valence-electron chi connectivity index (χ4n) is 3.12. The SMILES string of the molecule is Cc1ccc(C(C)(C)CNC(=O)N2CCOC(CN)C2)c(C)c1. The van der Waals surface area contributed by atoms with E-state index in [2.05, 4.69) is 51.2 Å². The van der Waals surface area contributed by atoms with E-state index in [-0.39, 0.29) is 17.6 Å². The van der Waals surface area contributed by atoms with E-state index in [1.807, 2.05) is 0 Å². The Hall–Kier alpha value is -1.59. The third-order valence-corrected chi connectivity index (χ3v) is 4.48. The first-order chi connectivity index (χ1) is 10.8. The molecule has 1 heterocycles. The van der Waals surface area contributed by atoms with Crippen LogP contribution in [0.25, 0.3) is 0 Å². The molecule has 0 bridgehead atoms. The quantitative estimate of drug-likeness (QED) is 0.891. The maximum atomic E-state index is 12.4. The summed E-state index contributed by atoms with van der Waals surface area (Å²) in [5.41, 5.74) is 9.30. The smallest absolute Gasteiger partial charge is 0.317 e. The highest BCUT2D eigenvalue weighted by Crippen LogP contribution is 2.26. The van der Waals surface area contributed by atoms with Gasteiger partial charge in [-0.1, -0.05) is 37.6 Å². The lowest BCUT2D eigenvalue weighted by atomic mass is 9.81. The topological polar surface area (TPSA) is 67.6 Å². The molecule has 1 atom stereocenters. The molecule has 0 aliphatic carbocycles. The molecule has 1 fully saturated rings. The number of carbonyl (C=O) groups is 1. The van der Waals surface area contributed by atoms with Gasteiger partial charge in [0.25, 0.3) is 0 Å². The molecule has 1 unspecified atom stereocenters. The lowest BCUT2D eigenvalue weighted by Crippen LogP contribution is -2.52. The molecule has 3 N–H and O–H groups in total. The standard InChI is InChI=1S/C18H29N3O2/c1-13-5-6-16(14(2)9-13)18(3,4)12-20-17(22)21-7-8-23-15(10-19)11-21/h5-6,9,15H,7-8,10-12,19H2,1-4H3,(H,20,22). The minimum absolute atomic E-state index is 0.0374. The molecule has 0 saturated carbocycles. The van der Waals surface area contributed by atoms with E-state index < -0.39 is 0 Å². The first-order valence-corrected chi connectivity index (χ1v) is 8.25. The molecular weight excluding hydrogens is 290 g/mol. The van der Waals surface area contributed by atoms with Gasteiger partial charge in [0.05, 0.1) is 12.7 Å². The Bertz CT molecular complexity index is 557. The van der Waals surface area contributed by atoms with Gasteiger partial charge in [0.1, 0.15) is 0 Å². The van der Waals surface area contributed by atoms with E-state index in [0.717, 1.165) is 0 Å². The van der Waals surface area contributed by atoms with Crippen molar-refractivity contribution in [1.82, 2.24) is 10.2 Å². The summed E-state index contributed by atoms with van der Waals surface area (Å²) < 4.78 is 5.50. The van der Waals surface area contributed by atoms with Crippen LogP contribution < -0.4 is 11.1 Å². The van der Waals surface area contributed by atoms with Crippen LogP contribution in [0.4, 0.5) is 4.79 Å². The number of amides is 2. The second kappa shape index (κ2) is 7.32. The van der Waals surface area contributed by atoms with Gasteiger partial charge in [-0.05, 0) is 25.0 Å². The van der Waals surface area contributed by atoms with E-state index in [1.165, 1.54) is 16.7 Å². The third kappa shape index (κ3) is 4.45. The Morgan fingerprint density at radius 1 is 1.43 bits per heavy atom. The zero-order chi connectivity index (χ0) is 17.0. The number of rotatable bonds is 4. The van der Waals surface area contributed by atoms with Crippen LogP contribution in [0.1, 0.15) is 30.5 Å². The minimum atomic E-state index is -0.118. The van der Waals surface area contributed by atoms with Gasteiger partial charge in [-0.25, -0.2) is 4.79 Å². The van der Waals surface area contributed by atoms with Crippen LogP contribution in [0.15, 0.2) is 18.2 Å². The Balaban J connectivity index is 1.97. The molecule has 1 saturated heterocycles. The van der Waals surface area contributed by atoms with Crippen molar-refractivity contribution in [3.63, 3.8) is 0 Å². The first kappa shape index (κ1) is 17.8.